The molecule has 1 heterocycles. The molecule has 1 aromatic rings. The Morgan fingerprint density at radius 1 is 1.36 bits per heavy atom. The molecule has 22 heavy (non-hydrogen) atoms. The molecule has 0 radical (unpaired) electrons. The lowest BCUT2D eigenvalue weighted by Crippen LogP contribution is -2.26. The summed E-state index contributed by atoms with van der Waals surface area (Å²) < 4.78 is 4.16. The van der Waals surface area contributed by atoms with Crippen molar-refractivity contribution in [3.63, 3.8) is 0 Å². The fourth-order valence-corrected chi connectivity index (χ4v) is 3.86. The largest absolute Gasteiger partial charge is 0.462 e. The molecule has 7 heteroatoms. The smallest absolute Gasteiger partial charge is 0.341 e. The standard InChI is InChI=1S/C15H19Cl2NO3S/c1-5-6-21-12(19)10-8(2)9(3)22-11(10)18-13(20)14(4)7-15(14,16)17/h5-7H2,1-4H3,(H,18,20)/t14-/m1/s1. The van der Waals surface area contributed by atoms with Crippen LogP contribution < -0.4 is 5.32 Å². The minimum Gasteiger partial charge on any atom is -0.462 e. The Balaban J connectivity index is 2.23. The molecule has 1 saturated carbocycles. The molecule has 2 rings (SSSR count). The molecule has 1 N–H and O–H groups in total. The molecular formula is C15H19Cl2NO3S. The van der Waals surface area contributed by atoms with Crippen molar-refractivity contribution in [1.29, 1.82) is 0 Å². The summed E-state index contributed by atoms with van der Waals surface area (Å²) in [7, 11) is 0. The molecule has 0 saturated heterocycles. The van der Waals surface area contributed by atoms with Crippen molar-refractivity contribution in [2.75, 3.05) is 11.9 Å². The van der Waals surface area contributed by atoms with Crippen LogP contribution in [-0.2, 0) is 9.53 Å². The molecule has 1 amide bonds. The molecule has 0 aliphatic heterocycles. The Hall–Kier alpha value is -0.780. The van der Waals surface area contributed by atoms with E-state index >= 15 is 0 Å². The summed E-state index contributed by atoms with van der Waals surface area (Å²) in [6, 6.07) is 0. The maximum absolute atomic E-state index is 12.4. The minimum absolute atomic E-state index is 0.275. The Kier molecular flexibility index (Phi) is 4.81. The molecule has 1 atom stereocenters. The van der Waals surface area contributed by atoms with Crippen molar-refractivity contribution in [2.24, 2.45) is 5.41 Å². The fourth-order valence-electron chi connectivity index (χ4n) is 2.12. The first kappa shape index (κ1) is 17.6. The second kappa shape index (κ2) is 6.02. The van der Waals surface area contributed by atoms with Crippen LogP contribution in [0.1, 0.15) is 47.5 Å². The second-order valence-corrected chi connectivity index (χ2v) is 8.50. The molecule has 0 aromatic carbocycles. The Morgan fingerprint density at radius 3 is 2.45 bits per heavy atom. The number of aryl methyl sites for hydroxylation is 1. The van der Waals surface area contributed by atoms with Gasteiger partial charge in [-0.25, -0.2) is 4.79 Å². The molecule has 4 nitrogen and oxygen atoms in total. The van der Waals surface area contributed by atoms with E-state index in [1.807, 2.05) is 20.8 Å². The monoisotopic (exact) mass is 363 g/mol. The fraction of sp³-hybridized carbons (Fsp3) is 0.600. The molecule has 0 bridgehead atoms. The maximum Gasteiger partial charge on any atom is 0.341 e. The highest BCUT2D eigenvalue weighted by Crippen LogP contribution is 2.64. The van der Waals surface area contributed by atoms with Gasteiger partial charge in [-0.3, -0.25) is 4.79 Å². The van der Waals surface area contributed by atoms with Crippen LogP contribution in [0, 0.1) is 19.3 Å². The van der Waals surface area contributed by atoms with E-state index < -0.39 is 15.7 Å². The summed E-state index contributed by atoms with van der Waals surface area (Å²) in [6.45, 7) is 7.74. The van der Waals surface area contributed by atoms with Gasteiger partial charge in [0.2, 0.25) is 5.91 Å². The predicted molar refractivity (Wildman–Crippen MR) is 90.2 cm³/mol. The van der Waals surface area contributed by atoms with E-state index in [2.05, 4.69) is 5.32 Å². The lowest BCUT2D eigenvalue weighted by atomic mass is 10.1. The maximum atomic E-state index is 12.4. The van der Waals surface area contributed by atoms with Gasteiger partial charge in [-0.2, -0.15) is 0 Å². The van der Waals surface area contributed by atoms with Gasteiger partial charge in [0.15, 0.2) is 0 Å². The number of anilines is 1. The van der Waals surface area contributed by atoms with Gasteiger partial charge in [0.25, 0.3) is 0 Å². The molecule has 1 aliphatic rings. The van der Waals surface area contributed by atoms with Crippen molar-refractivity contribution in [2.45, 2.75) is 44.9 Å². The summed E-state index contributed by atoms with van der Waals surface area (Å²) >= 11 is 13.4. The molecule has 1 fully saturated rings. The van der Waals surface area contributed by atoms with Crippen LogP contribution in [0.25, 0.3) is 0 Å². The zero-order valence-corrected chi connectivity index (χ0v) is 15.3. The number of halogens is 2. The van der Waals surface area contributed by atoms with Gasteiger partial charge in [0, 0.05) is 4.88 Å². The number of hydrogen-bond donors (Lipinski definition) is 1. The van der Waals surface area contributed by atoms with Crippen molar-refractivity contribution >= 4 is 51.4 Å². The molecule has 1 aliphatic carbocycles. The average Bonchev–Trinajstić information content (AvgIpc) is 2.82. The lowest BCUT2D eigenvalue weighted by Gasteiger charge is -2.13. The van der Waals surface area contributed by atoms with Gasteiger partial charge in [-0.1, -0.05) is 6.92 Å². The SMILES string of the molecule is CCCOC(=O)c1c(NC(=O)[C@@]2(C)CC2(Cl)Cl)sc(C)c1C. The van der Waals surface area contributed by atoms with E-state index in [1.165, 1.54) is 11.3 Å². The molecular weight excluding hydrogens is 345 g/mol. The number of carbonyl (C=O) groups is 2. The van der Waals surface area contributed by atoms with Crippen LogP contribution >= 0.6 is 34.5 Å². The van der Waals surface area contributed by atoms with E-state index in [0.29, 0.717) is 23.6 Å². The number of alkyl halides is 2. The number of ether oxygens (including phenoxy) is 1. The minimum atomic E-state index is -1.04. The van der Waals surface area contributed by atoms with Crippen LogP contribution in [0.3, 0.4) is 0 Å². The van der Waals surface area contributed by atoms with Crippen LogP contribution in [0.2, 0.25) is 0 Å². The number of hydrogen-bond acceptors (Lipinski definition) is 4. The van der Waals surface area contributed by atoms with Crippen molar-refractivity contribution < 1.29 is 14.3 Å². The normalized spacial score (nSPS) is 22.3. The average molecular weight is 364 g/mol. The third kappa shape index (κ3) is 2.99. The topological polar surface area (TPSA) is 55.4 Å². The van der Waals surface area contributed by atoms with Crippen molar-refractivity contribution in [3.05, 3.63) is 16.0 Å². The van der Waals surface area contributed by atoms with Gasteiger partial charge in [-0.05, 0) is 39.2 Å². The molecule has 0 spiro atoms. The van der Waals surface area contributed by atoms with Gasteiger partial charge >= 0.3 is 5.97 Å². The van der Waals surface area contributed by atoms with Gasteiger partial charge in [-0.15, -0.1) is 34.5 Å². The van der Waals surface area contributed by atoms with E-state index in [0.717, 1.165) is 16.9 Å². The Morgan fingerprint density at radius 2 is 1.95 bits per heavy atom. The molecule has 1 aromatic heterocycles. The first-order chi connectivity index (χ1) is 10.1. The van der Waals surface area contributed by atoms with Gasteiger partial charge in [0.05, 0.1) is 17.6 Å². The second-order valence-electron chi connectivity index (χ2n) is 5.79. The van der Waals surface area contributed by atoms with E-state index in [4.69, 9.17) is 27.9 Å². The summed E-state index contributed by atoms with van der Waals surface area (Å²) in [5.41, 5.74) is 0.417. The summed E-state index contributed by atoms with van der Waals surface area (Å²) in [5, 5.41) is 3.30. The highest BCUT2D eigenvalue weighted by molar-refractivity contribution is 7.16. The summed E-state index contributed by atoms with van der Waals surface area (Å²) in [4.78, 5) is 25.6. The highest BCUT2D eigenvalue weighted by Gasteiger charge is 2.68. The predicted octanol–water partition coefficient (Wildman–Crippen LogP) is 4.45. The van der Waals surface area contributed by atoms with Crippen LogP contribution in [-0.4, -0.2) is 22.8 Å². The first-order valence-corrected chi connectivity index (χ1v) is 8.67. The number of thiophene rings is 1. The number of nitrogens with one attached hydrogen (secondary N) is 1. The van der Waals surface area contributed by atoms with Crippen molar-refractivity contribution in [1.82, 2.24) is 0 Å². The van der Waals surface area contributed by atoms with Crippen LogP contribution in [0.5, 0.6) is 0 Å². The Bertz CT molecular complexity index is 627. The van der Waals surface area contributed by atoms with E-state index in [9.17, 15) is 9.59 Å². The first-order valence-electron chi connectivity index (χ1n) is 7.10. The number of carbonyl (C=O) groups excluding carboxylic acids is 2. The Labute approximate surface area is 144 Å². The summed E-state index contributed by atoms with van der Waals surface area (Å²) in [5.74, 6) is -0.689. The quantitative estimate of drug-likeness (QED) is 0.620. The number of rotatable bonds is 5. The highest BCUT2D eigenvalue weighted by atomic mass is 35.5. The number of esters is 1. The van der Waals surface area contributed by atoms with E-state index in [-0.39, 0.29) is 5.91 Å². The van der Waals surface area contributed by atoms with Gasteiger partial charge in [0.1, 0.15) is 9.33 Å². The van der Waals surface area contributed by atoms with Crippen molar-refractivity contribution in [3.8, 4) is 0 Å². The van der Waals surface area contributed by atoms with Crippen LogP contribution in [0.4, 0.5) is 5.00 Å². The lowest BCUT2D eigenvalue weighted by molar-refractivity contribution is -0.120. The third-order valence-electron chi connectivity index (χ3n) is 4.01. The van der Waals surface area contributed by atoms with Gasteiger partial charge < -0.3 is 10.1 Å². The zero-order chi connectivity index (χ0) is 16.7. The number of amides is 1. The third-order valence-corrected chi connectivity index (χ3v) is 6.24. The molecule has 0 unspecified atom stereocenters. The van der Waals surface area contributed by atoms with Crippen LogP contribution in [0.15, 0.2) is 0 Å². The van der Waals surface area contributed by atoms with E-state index in [1.54, 1.807) is 6.92 Å². The zero-order valence-electron chi connectivity index (χ0n) is 13.0. The molecule has 122 valence electrons. The summed E-state index contributed by atoms with van der Waals surface area (Å²) in [6.07, 6.45) is 1.14.